The predicted octanol–water partition coefficient (Wildman–Crippen LogP) is 0.625. The summed E-state index contributed by atoms with van der Waals surface area (Å²) in [4.78, 5) is 0. The van der Waals surface area contributed by atoms with Crippen molar-refractivity contribution in [1.82, 2.24) is 0 Å². The van der Waals surface area contributed by atoms with Gasteiger partial charge in [-0.1, -0.05) is 0 Å². The molecule has 0 saturated carbocycles. The Morgan fingerprint density at radius 1 is 1.70 bits per heavy atom. The third-order valence-electron chi connectivity index (χ3n) is 2.07. The molecule has 1 unspecified atom stereocenters. The van der Waals surface area contributed by atoms with Crippen molar-refractivity contribution in [2.24, 2.45) is 0 Å². The average Bonchev–Trinajstić information content (AvgIpc) is 1.96. The van der Waals surface area contributed by atoms with E-state index in [0.29, 0.717) is 0 Å². The zero-order valence-corrected chi connectivity index (χ0v) is 7.02. The van der Waals surface area contributed by atoms with Gasteiger partial charge in [-0.3, -0.25) is 0 Å². The van der Waals surface area contributed by atoms with E-state index in [0.717, 1.165) is 18.6 Å². The fraction of sp³-hybridized carbons (Fsp3) is 1.00. The number of aliphatic hydroxyl groups excluding tert-OH is 2. The lowest BCUT2D eigenvalue weighted by molar-refractivity contribution is 0.0861. The monoisotopic (exact) mass is 162 g/mol. The zero-order valence-electron chi connectivity index (χ0n) is 6.21. The number of thioether (sulfide) groups is 1. The molecule has 0 amide bonds. The smallest absolute Gasteiger partial charge is 0.0706 e. The summed E-state index contributed by atoms with van der Waals surface area (Å²) in [5.41, 5.74) is 0. The van der Waals surface area contributed by atoms with Gasteiger partial charge in [0.05, 0.1) is 17.5 Å². The molecule has 0 aromatic carbocycles. The van der Waals surface area contributed by atoms with E-state index >= 15 is 0 Å². The first-order chi connectivity index (χ1) is 4.69. The highest BCUT2D eigenvalue weighted by molar-refractivity contribution is 8.00. The third-order valence-corrected chi connectivity index (χ3v) is 3.63. The molecule has 1 fully saturated rings. The third kappa shape index (κ3) is 1.47. The SMILES string of the molecule is CC1(CO)SCCC[C@@H]1O. The lowest BCUT2D eigenvalue weighted by Crippen LogP contribution is -2.42. The summed E-state index contributed by atoms with van der Waals surface area (Å²) in [6.45, 7) is 2.00. The topological polar surface area (TPSA) is 40.5 Å². The van der Waals surface area contributed by atoms with Gasteiger partial charge < -0.3 is 10.2 Å². The quantitative estimate of drug-likeness (QED) is 0.594. The van der Waals surface area contributed by atoms with Gasteiger partial charge in [0.15, 0.2) is 0 Å². The molecule has 1 aliphatic rings. The zero-order chi connectivity index (χ0) is 7.61. The molecule has 0 bridgehead atoms. The molecule has 1 heterocycles. The van der Waals surface area contributed by atoms with E-state index in [-0.39, 0.29) is 17.5 Å². The minimum Gasteiger partial charge on any atom is -0.395 e. The fourth-order valence-corrected chi connectivity index (χ4v) is 2.31. The Morgan fingerprint density at radius 3 is 2.80 bits per heavy atom. The second-order valence-corrected chi connectivity index (χ2v) is 4.61. The largest absolute Gasteiger partial charge is 0.395 e. The molecule has 10 heavy (non-hydrogen) atoms. The van der Waals surface area contributed by atoms with Crippen LogP contribution in [0.5, 0.6) is 0 Å². The van der Waals surface area contributed by atoms with Gasteiger partial charge in [0.1, 0.15) is 0 Å². The molecular formula is C7H14O2S. The van der Waals surface area contributed by atoms with Gasteiger partial charge in [-0.25, -0.2) is 0 Å². The van der Waals surface area contributed by atoms with Crippen molar-refractivity contribution >= 4 is 11.8 Å². The number of rotatable bonds is 1. The Hall–Kier alpha value is 0.270. The van der Waals surface area contributed by atoms with E-state index < -0.39 is 0 Å². The normalized spacial score (nSPS) is 41.7. The van der Waals surface area contributed by atoms with Crippen LogP contribution < -0.4 is 0 Å². The van der Waals surface area contributed by atoms with Gasteiger partial charge in [0.25, 0.3) is 0 Å². The summed E-state index contributed by atoms with van der Waals surface area (Å²) in [7, 11) is 0. The Balaban J connectivity index is 2.54. The van der Waals surface area contributed by atoms with Gasteiger partial charge in [-0.05, 0) is 25.5 Å². The number of aliphatic hydroxyl groups is 2. The number of hydrogen-bond acceptors (Lipinski definition) is 3. The van der Waals surface area contributed by atoms with Crippen LogP contribution in [0.2, 0.25) is 0 Å². The molecule has 2 atom stereocenters. The van der Waals surface area contributed by atoms with Crippen molar-refractivity contribution in [1.29, 1.82) is 0 Å². The van der Waals surface area contributed by atoms with E-state index in [2.05, 4.69) is 0 Å². The van der Waals surface area contributed by atoms with Gasteiger partial charge >= 0.3 is 0 Å². The average molecular weight is 162 g/mol. The molecule has 0 aliphatic carbocycles. The van der Waals surface area contributed by atoms with Crippen LogP contribution in [0.25, 0.3) is 0 Å². The second-order valence-electron chi connectivity index (χ2n) is 2.98. The van der Waals surface area contributed by atoms with Gasteiger partial charge in [0, 0.05) is 0 Å². The first-order valence-corrected chi connectivity index (χ1v) is 4.60. The first-order valence-electron chi connectivity index (χ1n) is 3.62. The molecule has 1 rings (SSSR count). The molecular weight excluding hydrogens is 148 g/mol. The van der Waals surface area contributed by atoms with E-state index in [1.54, 1.807) is 11.8 Å². The first kappa shape index (κ1) is 8.37. The maximum Gasteiger partial charge on any atom is 0.0706 e. The van der Waals surface area contributed by atoms with E-state index in [4.69, 9.17) is 5.11 Å². The summed E-state index contributed by atoms with van der Waals surface area (Å²) < 4.78 is -0.293. The van der Waals surface area contributed by atoms with Crippen molar-refractivity contribution in [2.75, 3.05) is 12.4 Å². The van der Waals surface area contributed by atoms with Crippen LogP contribution >= 0.6 is 11.8 Å². The van der Waals surface area contributed by atoms with Crippen LogP contribution in [0.3, 0.4) is 0 Å². The second kappa shape index (κ2) is 3.11. The minimum atomic E-state index is -0.323. The summed E-state index contributed by atoms with van der Waals surface area (Å²) >= 11 is 1.67. The van der Waals surface area contributed by atoms with Crippen molar-refractivity contribution in [3.05, 3.63) is 0 Å². The van der Waals surface area contributed by atoms with Crippen LogP contribution in [0.4, 0.5) is 0 Å². The molecule has 0 spiro atoms. The lowest BCUT2D eigenvalue weighted by atomic mass is 10.00. The highest BCUT2D eigenvalue weighted by atomic mass is 32.2. The van der Waals surface area contributed by atoms with E-state index in [1.807, 2.05) is 6.92 Å². The Morgan fingerprint density at radius 2 is 2.40 bits per heavy atom. The summed E-state index contributed by atoms with van der Waals surface area (Å²) in [5.74, 6) is 1.06. The lowest BCUT2D eigenvalue weighted by Gasteiger charge is -2.35. The van der Waals surface area contributed by atoms with E-state index in [1.165, 1.54) is 0 Å². The van der Waals surface area contributed by atoms with Crippen LogP contribution in [0.15, 0.2) is 0 Å². The maximum atomic E-state index is 9.45. The predicted molar refractivity (Wildman–Crippen MR) is 43.2 cm³/mol. The molecule has 0 aromatic rings. The molecule has 3 heteroatoms. The van der Waals surface area contributed by atoms with Crippen molar-refractivity contribution in [3.63, 3.8) is 0 Å². The minimum absolute atomic E-state index is 0.0822. The fourth-order valence-electron chi connectivity index (χ4n) is 1.13. The van der Waals surface area contributed by atoms with E-state index in [9.17, 15) is 5.11 Å². The van der Waals surface area contributed by atoms with Crippen molar-refractivity contribution < 1.29 is 10.2 Å². The molecule has 60 valence electrons. The molecule has 1 saturated heterocycles. The number of hydrogen-bond donors (Lipinski definition) is 2. The van der Waals surface area contributed by atoms with Crippen LogP contribution in [0, 0.1) is 0 Å². The van der Waals surface area contributed by atoms with Crippen molar-refractivity contribution in [2.45, 2.75) is 30.6 Å². The van der Waals surface area contributed by atoms with Crippen LogP contribution in [-0.2, 0) is 0 Å². The molecule has 1 aliphatic heterocycles. The van der Waals surface area contributed by atoms with Gasteiger partial charge in [-0.15, -0.1) is 0 Å². The summed E-state index contributed by atoms with van der Waals surface area (Å²) in [6.07, 6.45) is 1.59. The molecule has 0 aromatic heterocycles. The maximum absolute atomic E-state index is 9.45. The Bertz CT molecular complexity index is 118. The van der Waals surface area contributed by atoms with Crippen LogP contribution in [-0.4, -0.2) is 33.4 Å². The standard InChI is InChI=1S/C7H14O2S/c1-7(5-8)6(9)3-2-4-10-7/h6,8-9H,2-5H2,1H3/t6-,7?/m0/s1. The molecule has 0 radical (unpaired) electrons. The van der Waals surface area contributed by atoms with Crippen molar-refractivity contribution in [3.8, 4) is 0 Å². The highest BCUT2D eigenvalue weighted by Gasteiger charge is 2.35. The Labute approximate surface area is 65.6 Å². The summed E-state index contributed by atoms with van der Waals surface area (Å²) in [5, 5.41) is 18.4. The molecule has 2 N–H and O–H groups in total. The van der Waals surface area contributed by atoms with Gasteiger partial charge in [0.2, 0.25) is 0 Å². The Kier molecular flexibility index (Phi) is 2.61. The summed E-state index contributed by atoms with van der Waals surface area (Å²) in [6, 6.07) is 0. The molecule has 2 nitrogen and oxygen atoms in total. The highest BCUT2D eigenvalue weighted by Crippen LogP contribution is 2.35. The van der Waals surface area contributed by atoms with Crippen LogP contribution in [0.1, 0.15) is 19.8 Å². The van der Waals surface area contributed by atoms with Gasteiger partial charge in [-0.2, -0.15) is 11.8 Å².